The number of esters is 1. The van der Waals surface area contributed by atoms with Gasteiger partial charge in [0.2, 0.25) is 5.91 Å². The lowest BCUT2D eigenvalue weighted by Gasteiger charge is -2.12. The largest absolute Gasteiger partial charge is 0.459 e. The number of benzene rings is 2. The molecule has 33 heavy (non-hydrogen) atoms. The predicted octanol–water partition coefficient (Wildman–Crippen LogP) is 4.97. The molecule has 172 valence electrons. The fourth-order valence-corrected chi connectivity index (χ4v) is 3.80. The van der Waals surface area contributed by atoms with E-state index in [9.17, 15) is 9.59 Å². The van der Waals surface area contributed by atoms with Crippen molar-refractivity contribution in [1.29, 1.82) is 0 Å². The van der Waals surface area contributed by atoms with Crippen molar-refractivity contribution < 1.29 is 14.3 Å². The van der Waals surface area contributed by atoms with Crippen molar-refractivity contribution in [2.75, 3.05) is 0 Å². The maximum atomic E-state index is 12.3. The van der Waals surface area contributed by atoms with Gasteiger partial charge in [0.05, 0.1) is 24.3 Å². The van der Waals surface area contributed by atoms with Gasteiger partial charge in [-0.1, -0.05) is 29.8 Å². The van der Waals surface area contributed by atoms with Gasteiger partial charge in [0.25, 0.3) is 0 Å². The highest BCUT2D eigenvalue weighted by Gasteiger charge is 2.14. The van der Waals surface area contributed by atoms with Crippen LogP contribution >= 0.6 is 0 Å². The molecule has 0 saturated carbocycles. The number of amides is 1. The second-order valence-electron chi connectivity index (χ2n) is 8.57. The van der Waals surface area contributed by atoms with Crippen LogP contribution in [0.2, 0.25) is 0 Å². The molecule has 1 aromatic heterocycles. The first kappa shape index (κ1) is 24.0. The van der Waals surface area contributed by atoms with Crippen LogP contribution in [-0.2, 0) is 16.0 Å². The van der Waals surface area contributed by atoms with E-state index in [0.29, 0.717) is 5.56 Å². The Hall–Kier alpha value is -3.67. The van der Waals surface area contributed by atoms with Gasteiger partial charge in [0.15, 0.2) is 0 Å². The third-order valence-corrected chi connectivity index (χ3v) is 5.40. The SMILES string of the molecule is Cc1ccc(CC(=O)N/N=C\c2cc(C)n(-c3cccc(C(=O)OC(C)C)c3)c2C)c(C)c1. The molecule has 0 spiro atoms. The summed E-state index contributed by atoms with van der Waals surface area (Å²) < 4.78 is 7.36. The highest BCUT2D eigenvalue weighted by atomic mass is 16.5. The first-order chi connectivity index (χ1) is 15.7. The molecule has 0 aliphatic rings. The number of nitrogens with zero attached hydrogens (tertiary/aromatic N) is 2. The van der Waals surface area contributed by atoms with E-state index in [4.69, 9.17) is 4.74 Å². The Morgan fingerprint density at radius 3 is 2.52 bits per heavy atom. The molecular formula is C27H31N3O3. The molecule has 0 saturated heterocycles. The lowest BCUT2D eigenvalue weighted by molar-refractivity contribution is -0.120. The summed E-state index contributed by atoms with van der Waals surface area (Å²) >= 11 is 0. The quantitative estimate of drug-likeness (QED) is 0.317. The number of rotatable bonds is 7. The Morgan fingerprint density at radius 2 is 1.82 bits per heavy atom. The molecule has 0 radical (unpaired) electrons. The maximum absolute atomic E-state index is 12.3. The number of aryl methyl sites for hydroxylation is 3. The summed E-state index contributed by atoms with van der Waals surface area (Å²) in [5.74, 6) is -0.508. The van der Waals surface area contributed by atoms with Crippen molar-refractivity contribution in [2.24, 2.45) is 5.10 Å². The van der Waals surface area contributed by atoms with Gasteiger partial charge in [0, 0.05) is 22.6 Å². The molecular weight excluding hydrogens is 414 g/mol. The van der Waals surface area contributed by atoms with Crippen molar-refractivity contribution in [3.63, 3.8) is 0 Å². The number of hydrazone groups is 1. The molecule has 0 unspecified atom stereocenters. The molecule has 0 aliphatic heterocycles. The molecule has 1 amide bonds. The van der Waals surface area contributed by atoms with Crippen molar-refractivity contribution in [3.8, 4) is 5.69 Å². The van der Waals surface area contributed by atoms with E-state index in [0.717, 1.165) is 33.8 Å². The summed E-state index contributed by atoms with van der Waals surface area (Å²) in [6, 6.07) is 15.4. The highest BCUT2D eigenvalue weighted by molar-refractivity contribution is 5.90. The molecule has 3 rings (SSSR count). The van der Waals surface area contributed by atoms with Crippen LogP contribution in [0.5, 0.6) is 0 Å². The molecule has 0 bridgehead atoms. The van der Waals surface area contributed by atoms with Gasteiger partial charge in [-0.05, 0) is 76.9 Å². The molecule has 0 fully saturated rings. The van der Waals surface area contributed by atoms with E-state index in [1.807, 2.05) is 82.5 Å². The number of hydrogen-bond donors (Lipinski definition) is 1. The van der Waals surface area contributed by atoms with E-state index in [-0.39, 0.29) is 24.4 Å². The van der Waals surface area contributed by atoms with Crippen LogP contribution in [-0.4, -0.2) is 28.8 Å². The number of carbonyl (C=O) groups is 2. The molecule has 6 nitrogen and oxygen atoms in total. The van der Waals surface area contributed by atoms with Crippen LogP contribution in [0.25, 0.3) is 5.69 Å². The van der Waals surface area contributed by atoms with Gasteiger partial charge in [0.1, 0.15) is 0 Å². The summed E-state index contributed by atoms with van der Waals surface area (Å²) in [6.07, 6.45) is 1.75. The molecule has 6 heteroatoms. The second kappa shape index (κ2) is 10.3. The summed E-state index contributed by atoms with van der Waals surface area (Å²) in [4.78, 5) is 24.6. The summed E-state index contributed by atoms with van der Waals surface area (Å²) in [6.45, 7) is 11.7. The van der Waals surface area contributed by atoms with Crippen molar-refractivity contribution in [3.05, 3.63) is 87.7 Å². The van der Waals surface area contributed by atoms with Gasteiger partial charge in [-0.25, -0.2) is 10.2 Å². The molecule has 3 aromatic rings. The molecule has 2 aromatic carbocycles. The topological polar surface area (TPSA) is 72.7 Å². The third kappa shape index (κ3) is 5.98. The number of aromatic nitrogens is 1. The molecule has 1 N–H and O–H groups in total. The van der Waals surface area contributed by atoms with Gasteiger partial charge < -0.3 is 9.30 Å². The van der Waals surface area contributed by atoms with Crippen LogP contribution in [0.4, 0.5) is 0 Å². The number of carbonyl (C=O) groups excluding carboxylic acids is 2. The smallest absolute Gasteiger partial charge is 0.338 e. The van der Waals surface area contributed by atoms with E-state index in [2.05, 4.69) is 16.6 Å². The van der Waals surface area contributed by atoms with Crippen molar-refractivity contribution in [1.82, 2.24) is 9.99 Å². The van der Waals surface area contributed by atoms with Crippen LogP contribution in [0, 0.1) is 27.7 Å². The van der Waals surface area contributed by atoms with Gasteiger partial charge >= 0.3 is 5.97 Å². The zero-order chi connectivity index (χ0) is 24.1. The van der Waals surface area contributed by atoms with E-state index < -0.39 is 0 Å². The molecule has 1 heterocycles. The average Bonchev–Trinajstić information content (AvgIpc) is 3.03. The maximum Gasteiger partial charge on any atom is 0.338 e. The normalized spacial score (nSPS) is 11.2. The van der Waals surface area contributed by atoms with Gasteiger partial charge in [-0.15, -0.1) is 0 Å². The predicted molar refractivity (Wildman–Crippen MR) is 131 cm³/mol. The number of ether oxygens (including phenoxy) is 1. The Balaban J connectivity index is 1.73. The van der Waals surface area contributed by atoms with Crippen molar-refractivity contribution >= 4 is 18.1 Å². The monoisotopic (exact) mass is 445 g/mol. The second-order valence-corrected chi connectivity index (χ2v) is 8.57. The summed E-state index contributed by atoms with van der Waals surface area (Å²) in [5.41, 5.74) is 10.1. The fraction of sp³-hybridized carbons (Fsp3) is 0.296. The zero-order valence-electron chi connectivity index (χ0n) is 20.1. The highest BCUT2D eigenvalue weighted by Crippen LogP contribution is 2.21. The van der Waals surface area contributed by atoms with Crippen LogP contribution in [0.1, 0.15) is 57.8 Å². The van der Waals surface area contributed by atoms with E-state index >= 15 is 0 Å². The Kier molecular flexibility index (Phi) is 7.48. The minimum atomic E-state index is -0.345. The van der Waals surface area contributed by atoms with E-state index in [1.54, 1.807) is 12.3 Å². The van der Waals surface area contributed by atoms with Crippen LogP contribution < -0.4 is 5.43 Å². The molecule has 0 atom stereocenters. The first-order valence-electron chi connectivity index (χ1n) is 11.0. The van der Waals surface area contributed by atoms with Crippen molar-refractivity contribution in [2.45, 2.75) is 54.1 Å². The van der Waals surface area contributed by atoms with Crippen LogP contribution in [0.15, 0.2) is 53.6 Å². The summed E-state index contributed by atoms with van der Waals surface area (Å²) in [7, 11) is 0. The fourth-order valence-electron chi connectivity index (χ4n) is 3.80. The third-order valence-electron chi connectivity index (χ3n) is 5.40. The summed E-state index contributed by atoms with van der Waals surface area (Å²) in [5, 5.41) is 4.16. The van der Waals surface area contributed by atoms with Crippen LogP contribution in [0.3, 0.4) is 0 Å². The Bertz CT molecular complexity index is 1210. The van der Waals surface area contributed by atoms with Gasteiger partial charge in [-0.3, -0.25) is 4.79 Å². The zero-order valence-corrected chi connectivity index (χ0v) is 20.1. The van der Waals surface area contributed by atoms with E-state index in [1.165, 1.54) is 5.56 Å². The average molecular weight is 446 g/mol. The minimum Gasteiger partial charge on any atom is -0.459 e. The number of nitrogens with one attached hydrogen (secondary N) is 1. The standard InChI is InChI=1S/C27H31N3O3/c1-17(2)33-27(32)23-8-7-9-25(14-23)30-20(5)13-24(21(30)6)16-28-29-26(31)15-22-11-10-18(3)12-19(22)4/h7-14,16-17H,15H2,1-6H3,(H,29,31)/b28-16-. The lowest BCUT2D eigenvalue weighted by atomic mass is 10.0. The molecule has 0 aliphatic carbocycles. The Labute approximate surface area is 195 Å². The number of hydrogen-bond acceptors (Lipinski definition) is 4. The lowest BCUT2D eigenvalue weighted by Crippen LogP contribution is -2.20. The Morgan fingerprint density at radius 1 is 1.06 bits per heavy atom. The van der Waals surface area contributed by atoms with Gasteiger partial charge in [-0.2, -0.15) is 5.10 Å². The minimum absolute atomic E-state index is 0.164. The first-order valence-corrected chi connectivity index (χ1v) is 11.0.